The minimum absolute atomic E-state index is 0.110. The first-order chi connectivity index (χ1) is 10.3. The molecule has 0 aliphatic heterocycles. The second kappa shape index (κ2) is 5.75. The molecule has 0 unspecified atom stereocenters. The van der Waals surface area contributed by atoms with Crippen LogP contribution in [0.5, 0.6) is 0 Å². The zero-order chi connectivity index (χ0) is 14.7. The number of aromatic amines is 1. The molecule has 0 saturated heterocycles. The minimum atomic E-state index is -0.110. The monoisotopic (exact) mass is 276 g/mol. The fourth-order valence-corrected chi connectivity index (χ4v) is 2.22. The normalized spacial score (nSPS) is 11.3. The number of aryl methyl sites for hydroxylation is 1. The van der Waals surface area contributed by atoms with E-state index in [1.54, 1.807) is 6.07 Å². The number of para-hydroxylation sites is 1. The molecule has 0 amide bonds. The van der Waals surface area contributed by atoms with Gasteiger partial charge in [-0.3, -0.25) is 4.79 Å². The molecule has 0 spiro atoms. The Morgan fingerprint density at radius 3 is 2.57 bits per heavy atom. The maximum atomic E-state index is 12.0. The van der Waals surface area contributed by atoms with Crippen molar-refractivity contribution in [3.8, 4) is 0 Å². The summed E-state index contributed by atoms with van der Waals surface area (Å²) in [5.41, 5.74) is 3.00. The van der Waals surface area contributed by atoms with Crippen LogP contribution in [-0.4, -0.2) is 9.97 Å². The number of aromatic nitrogens is 2. The van der Waals surface area contributed by atoms with Crippen molar-refractivity contribution in [1.29, 1.82) is 0 Å². The fourth-order valence-electron chi connectivity index (χ4n) is 2.22. The molecule has 0 radical (unpaired) electrons. The van der Waals surface area contributed by atoms with Gasteiger partial charge < -0.3 is 4.98 Å². The van der Waals surface area contributed by atoms with E-state index in [4.69, 9.17) is 0 Å². The molecule has 1 aromatic heterocycles. The van der Waals surface area contributed by atoms with Gasteiger partial charge in [0.05, 0.1) is 10.9 Å². The van der Waals surface area contributed by atoms with E-state index in [0.717, 1.165) is 12.0 Å². The Morgan fingerprint density at radius 1 is 1.05 bits per heavy atom. The molecule has 2 aromatic carbocycles. The summed E-state index contributed by atoms with van der Waals surface area (Å²) in [5.74, 6) is 0.568. The average molecular weight is 276 g/mol. The summed E-state index contributed by atoms with van der Waals surface area (Å²) >= 11 is 0. The van der Waals surface area contributed by atoms with Gasteiger partial charge in [-0.15, -0.1) is 0 Å². The Bertz CT molecular complexity index is 845. The van der Waals surface area contributed by atoms with Crippen LogP contribution in [0.1, 0.15) is 23.9 Å². The van der Waals surface area contributed by atoms with Crippen LogP contribution < -0.4 is 5.56 Å². The van der Waals surface area contributed by atoms with E-state index < -0.39 is 0 Å². The van der Waals surface area contributed by atoms with Crippen LogP contribution in [0.25, 0.3) is 23.1 Å². The highest BCUT2D eigenvalue weighted by Crippen LogP contribution is 2.10. The van der Waals surface area contributed by atoms with E-state index in [9.17, 15) is 4.79 Å². The first kappa shape index (κ1) is 13.3. The molecule has 0 fully saturated rings. The molecule has 3 heteroatoms. The van der Waals surface area contributed by atoms with Gasteiger partial charge in [0.1, 0.15) is 5.82 Å². The van der Waals surface area contributed by atoms with Crippen LogP contribution in [0.2, 0.25) is 0 Å². The second-order valence-corrected chi connectivity index (χ2v) is 4.90. The topological polar surface area (TPSA) is 45.8 Å². The number of hydrogen-bond acceptors (Lipinski definition) is 2. The summed E-state index contributed by atoms with van der Waals surface area (Å²) < 4.78 is 0. The van der Waals surface area contributed by atoms with Gasteiger partial charge in [0.15, 0.2) is 0 Å². The lowest BCUT2D eigenvalue weighted by molar-refractivity contribution is 1.14. The molecule has 0 atom stereocenters. The average Bonchev–Trinajstić information content (AvgIpc) is 2.53. The van der Waals surface area contributed by atoms with Crippen LogP contribution in [0.15, 0.2) is 53.3 Å². The van der Waals surface area contributed by atoms with Crippen molar-refractivity contribution in [2.45, 2.75) is 13.3 Å². The maximum absolute atomic E-state index is 12.0. The molecular weight excluding hydrogens is 260 g/mol. The van der Waals surface area contributed by atoms with Crippen molar-refractivity contribution in [2.24, 2.45) is 0 Å². The van der Waals surface area contributed by atoms with E-state index >= 15 is 0 Å². The number of benzene rings is 2. The van der Waals surface area contributed by atoms with Gasteiger partial charge in [0.25, 0.3) is 5.56 Å². The molecule has 3 nitrogen and oxygen atoms in total. The summed E-state index contributed by atoms with van der Waals surface area (Å²) in [6.45, 7) is 2.13. The van der Waals surface area contributed by atoms with Crippen molar-refractivity contribution in [2.75, 3.05) is 0 Å². The fraction of sp³-hybridized carbons (Fsp3) is 0.111. The largest absolute Gasteiger partial charge is 0.306 e. The molecule has 0 saturated carbocycles. The van der Waals surface area contributed by atoms with Crippen LogP contribution in [-0.2, 0) is 6.42 Å². The highest BCUT2D eigenvalue weighted by Gasteiger charge is 2.00. The molecule has 21 heavy (non-hydrogen) atoms. The van der Waals surface area contributed by atoms with Gasteiger partial charge >= 0.3 is 0 Å². The molecule has 1 heterocycles. The Labute approximate surface area is 123 Å². The van der Waals surface area contributed by atoms with Crippen LogP contribution in [0.3, 0.4) is 0 Å². The Morgan fingerprint density at radius 2 is 1.81 bits per heavy atom. The SMILES string of the molecule is CCc1ccc(C=Cc2nc3ccccc3c(=O)[nH]2)cc1. The van der Waals surface area contributed by atoms with Crippen LogP contribution in [0.4, 0.5) is 0 Å². The molecule has 104 valence electrons. The lowest BCUT2D eigenvalue weighted by Gasteiger charge is -1.99. The van der Waals surface area contributed by atoms with Gasteiger partial charge in [-0.05, 0) is 35.8 Å². The van der Waals surface area contributed by atoms with Gasteiger partial charge in [-0.2, -0.15) is 0 Å². The summed E-state index contributed by atoms with van der Waals surface area (Å²) in [5, 5.41) is 0.613. The first-order valence-electron chi connectivity index (χ1n) is 7.02. The first-order valence-corrected chi connectivity index (χ1v) is 7.02. The molecule has 0 aliphatic rings. The smallest absolute Gasteiger partial charge is 0.259 e. The number of nitrogens with one attached hydrogen (secondary N) is 1. The summed E-state index contributed by atoms with van der Waals surface area (Å²) in [6, 6.07) is 15.7. The maximum Gasteiger partial charge on any atom is 0.259 e. The van der Waals surface area contributed by atoms with E-state index in [-0.39, 0.29) is 5.56 Å². The minimum Gasteiger partial charge on any atom is -0.306 e. The van der Waals surface area contributed by atoms with Gasteiger partial charge in [-0.25, -0.2) is 4.98 Å². The van der Waals surface area contributed by atoms with E-state index in [1.807, 2.05) is 30.4 Å². The molecular formula is C18H16N2O. The standard InChI is InChI=1S/C18H16N2O/c1-2-13-7-9-14(10-8-13)11-12-17-19-16-6-4-3-5-15(16)18(21)20-17/h3-12H,2H2,1H3,(H,19,20,21). The van der Waals surface area contributed by atoms with Crippen LogP contribution >= 0.6 is 0 Å². The third kappa shape index (κ3) is 2.92. The zero-order valence-corrected chi connectivity index (χ0v) is 11.8. The molecule has 0 aliphatic carbocycles. The molecule has 1 N–H and O–H groups in total. The number of rotatable bonds is 3. The lowest BCUT2D eigenvalue weighted by Crippen LogP contribution is -2.09. The van der Waals surface area contributed by atoms with Crippen molar-refractivity contribution < 1.29 is 0 Å². The van der Waals surface area contributed by atoms with Crippen molar-refractivity contribution in [3.05, 3.63) is 75.8 Å². The lowest BCUT2D eigenvalue weighted by atomic mass is 10.1. The highest BCUT2D eigenvalue weighted by molar-refractivity contribution is 5.78. The van der Waals surface area contributed by atoms with Gasteiger partial charge in [0, 0.05) is 0 Å². The van der Waals surface area contributed by atoms with Gasteiger partial charge in [0.2, 0.25) is 0 Å². The summed E-state index contributed by atoms with van der Waals surface area (Å²) in [6.07, 6.45) is 4.81. The quantitative estimate of drug-likeness (QED) is 0.793. The zero-order valence-electron chi connectivity index (χ0n) is 11.8. The van der Waals surface area contributed by atoms with Crippen molar-refractivity contribution >= 4 is 23.1 Å². The summed E-state index contributed by atoms with van der Waals surface area (Å²) in [7, 11) is 0. The number of fused-ring (bicyclic) bond motifs is 1. The van der Waals surface area contributed by atoms with E-state index in [2.05, 4.69) is 41.2 Å². The number of nitrogens with zero attached hydrogens (tertiary/aromatic N) is 1. The van der Waals surface area contributed by atoms with Crippen LogP contribution in [0, 0.1) is 0 Å². The predicted octanol–water partition coefficient (Wildman–Crippen LogP) is 3.66. The van der Waals surface area contributed by atoms with E-state index in [0.29, 0.717) is 16.7 Å². The molecule has 0 bridgehead atoms. The third-order valence-electron chi connectivity index (χ3n) is 3.45. The van der Waals surface area contributed by atoms with Crippen molar-refractivity contribution in [3.63, 3.8) is 0 Å². The third-order valence-corrected chi connectivity index (χ3v) is 3.45. The van der Waals surface area contributed by atoms with E-state index in [1.165, 1.54) is 5.56 Å². The Balaban J connectivity index is 1.93. The Kier molecular flexibility index (Phi) is 3.65. The molecule has 3 rings (SSSR count). The van der Waals surface area contributed by atoms with Crippen molar-refractivity contribution in [1.82, 2.24) is 9.97 Å². The number of hydrogen-bond donors (Lipinski definition) is 1. The molecule has 3 aromatic rings. The highest BCUT2D eigenvalue weighted by atomic mass is 16.1. The Hall–Kier alpha value is -2.68. The second-order valence-electron chi connectivity index (χ2n) is 4.90. The number of H-pyrrole nitrogens is 1. The predicted molar refractivity (Wildman–Crippen MR) is 87.1 cm³/mol. The summed E-state index contributed by atoms with van der Waals surface area (Å²) in [4.78, 5) is 19.2. The van der Waals surface area contributed by atoms with Gasteiger partial charge in [-0.1, -0.05) is 49.4 Å².